The molecule has 2 amide bonds. The number of Topliss-reactive ketones (excluding diaryl/α,β-unsaturated/α-hetero) is 1. The summed E-state index contributed by atoms with van der Waals surface area (Å²) in [4.78, 5) is 25.2. The Balaban J connectivity index is 1.64. The van der Waals surface area contributed by atoms with Gasteiger partial charge >= 0.3 is 12.2 Å². The van der Waals surface area contributed by atoms with Crippen LogP contribution < -0.4 is 15.4 Å². The molecule has 2 heterocycles. The number of hydrogen-bond acceptors (Lipinski definition) is 5. The Morgan fingerprint density at radius 3 is 2.36 bits per heavy atom. The van der Waals surface area contributed by atoms with E-state index in [0.29, 0.717) is 5.75 Å². The minimum Gasteiger partial charge on any atom is -0.489 e. The summed E-state index contributed by atoms with van der Waals surface area (Å²) in [7, 11) is 0. The molecule has 6 nitrogen and oxygen atoms in total. The fraction of sp³-hybridized carbons (Fsp3) is 0.217. The molecule has 1 fully saturated rings. The Morgan fingerprint density at radius 1 is 1.06 bits per heavy atom. The van der Waals surface area contributed by atoms with Crippen LogP contribution in [0.1, 0.15) is 26.8 Å². The summed E-state index contributed by atoms with van der Waals surface area (Å²) in [5.74, 6) is -2.54. The van der Waals surface area contributed by atoms with Crippen LogP contribution in [0.15, 0.2) is 72.1 Å². The van der Waals surface area contributed by atoms with Gasteiger partial charge in [0.05, 0.1) is 10.9 Å². The molecular weight excluding hydrogens is 457 g/mol. The van der Waals surface area contributed by atoms with Gasteiger partial charge in [0.2, 0.25) is 5.72 Å². The average molecular weight is 476 g/mol. The van der Waals surface area contributed by atoms with Crippen LogP contribution in [0.4, 0.5) is 18.0 Å². The number of aliphatic hydroxyl groups is 1. The molecule has 0 bridgehead atoms. The summed E-state index contributed by atoms with van der Waals surface area (Å²) in [6, 6.07) is 15.6. The number of urea groups is 1. The van der Waals surface area contributed by atoms with E-state index < -0.39 is 35.7 Å². The summed E-state index contributed by atoms with van der Waals surface area (Å²) in [5.41, 5.74) is -2.60. The Kier molecular flexibility index (Phi) is 6.13. The number of amides is 2. The van der Waals surface area contributed by atoms with Crippen LogP contribution in [0.5, 0.6) is 5.75 Å². The molecule has 0 saturated carbocycles. The van der Waals surface area contributed by atoms with E-state index in [0.717, 1.165) is 16.9 Å². The summed E-state index contributed by atoms with van der Waals surface area (Å²) in [6.45, 7) is 0.289. The van der Waals surface area contributed by atoms with Crippen molar-refractivity contribution in [3.63, 3.8) is 0 Å². The van der Waals surface area contributed by atoms with E-state index in [1.165, 1.54) is 41.7 Å². The molecule has 0 radical (unpaired) electrons. The number of carbonyl (C=O) groups excluding carboxylic acids is 2. The van der Waals surface area contributed by atoms with Gasteiger partial charge in [0.1, 0.15) is 18.3 Å². The van der Waals surface area contributed by atoms with E-state index in [4.69, 9.17) is 4.74 Å². The quantitative estimate of drug-likeness (QED) is 0.460. The molecule has 3 atom stereocenters. The zero-order valence-corrected chi connectivity index (χ0v) is 17.8. The topological polar surface area (TPSA) is 87.7 Å². The predicted molar refractivity (Wildman–Crippen MR) is 115 cm³/mol. The van der Waals surface area contributed by atoms with E-state index >= 15 is 0 Å². The number of carbonyl (C=O) groups is 2. The molecule has 172 valence electrons. The number of ether oxygens (including phenoxy) is 1. The highest BCUT2D eigenvalue weighted by Gasteiger charge is 2.66. The Bertz CT molecular complexity index is 1120. The highest BCUT2D eigenvalue weighted by Crippen LogP contribution is 2.44. The maximum absolute atomic E-state index is 13.9. The lowest BCUT2D eigenvalue weighted by Crippen LogP contribution is -2.72. The van der Waals surface area contributed by atoms with Gasteiger partial charge in [-0.05, 0) is 34.7 Å². The number of benzene rings is 2. The fourth-order valence-electron chi connectivity index (χ4n) is 3.70. The molecule has 3 aromatic rings. The van der Waals surface area contributed by atoms with E-state index in [2.05, 4.69) is 5.32 Å². The normalized spacial score (nSPS) is 22.8. The second-order valence-electron chi connectivity index (χ2n) is 7.50. The zero-order chi connectivity index (χ0) is 23.6. The third-order valence-electron chi connectivity index (χ3n) is 5.34. The van der Waals surface area contributed by atoms with Gasteiger partial charge in [0.25, 0.3) is 0 Å². The van der Waals surface area contributed by atoms with Crippen molar-refractivity contribution >= 4 is 23.2 Å². The minimum absolute atomic E-state index is 0.0356. The molecular formula is C23H19F3N2O4S. The Labute approximate surface area is 191 Å². The first kappa shape index (κ1) is 22.8. The number of ketones is 1. The molecule has 1 aromatic heterocycles. The summed E-state index contributed by atoms with van der Waals surface area (Å²) >= 11 is 0.953. The van der Waals surface area contributed by atoms with Crippen molar-refractivity contribution in [1.29, 1.82) is 0 Å². The van der Waals surface area contributed by atoms with Crippen LogP contribution >= 0.6 is 11.3 Å². The van der Waals surface area contributed by atoms with Crippen molar-refractivity contribution in [3.8, 4) is 5.75 Å². The second-order valence-corrected chi connectivity index (χ2v) is 8.45. The van der Waals surface area contributed by atoms with Crippen LogP contribution in [-0.2, 0) is 6.61 Å². The lowest BCUT2D eigenvalue weighted by atomic mass is 9.78. The Hall–Kier alpha value is -3.37. The lowest BCUT2D eigenvalue weighted by Gasteiger charge is -2.44. The SMILES string of the molecule is O=C1N[C@H](c2ccc(OCc3ccccc3)cc2)[C@H](C(=O)c2cccs2)[C@](O)(C(F)(F)F)N1. The van der Waals surface area contributed by atoms with Crippen LogP contribution in [0.2, 0.25) is 0 Å². The van der Waals surface area contributed by atoms with Gasteiger partial charge in [-0.25, -0.2) is 4.79 Å². The van der Waals surface area contributed by atoms with Gasteiger partial charge in [-0.2, -0.15) is 13.2 Å². The van der Waals surface area contributed by atoms with Gasteiger partial charge in [-0.15, -0.1) is 11.3 Å². The molecule has 1 saturated heterocycles. The second kappa shape index (κ2) is 8.87. The van der Waals surface area contributed by atoms with Gasteiger partial charge in [0, 0.05) is 0 Å². The van der Waals surface area contributed by atoms with Crippen LogP contribution in [0.25, 0.3) is 0 Å². The van der Waals surface area contributed by atoms with Crippen LogP contribution in [0.3, 0.4) is 0 Å². The average Bonchev–Trinajstić information content (AvgIpc) is 3.32. The predicted octanol–water partition coefficient (Wildman–Crippen LogP) is 4.43. The van der Waals surface area contributed by atoms with Crippen molar-refractivity contribution in [1.82, 2.24) is 10.6 Å². The maximum Gasteiger partial charge on any atom is 0.437 e. The van der Waals surface area contributed by atoms with E-state index in [1.54, 1.807) is 5.38 Å². The standard InChI is InChI=1S/C23H19F3N2O4S/c24-23(25,26)22(31)18(20(29)17-7-4-12-33-17)19(27-21(30)28-22)15-8-10-16(11-9-15)32-13-14-5-2-1-3-6-14/h1-12,18-19,31H,13H2,(H2,27,28,30)/t18-,19-,22+/m1/s1. The third-order valence-corrected chi connectivity index (χ3v) is 6.22. The number of hydrogen-bond donors (Lipinski definition) is 3. The molecule has 0 unspecified atom stereocenters. The molecule has 2 aromatic carbocycles. The summed E-state index contributed by atoms with van der Waals surface area (Å²) < 4.78 is 47.4. The number of alkyl halides is 3. The fourth-order valence-corrected chi connectivity index (χ4v) is 4.41. The lowest BCUT2D eigenvalue weighted by molar-refractivity contribution is -0.287. The maximum atomic E-state index is 13.9. The van der Waals surface area contributed by atoms with Gasteiger partial charge in [-0.1, -0.05) is 48.5 Å². The van der Waals surface area contributed by atoms with Crippen LogP contribution in [0, 0.1) is 5.92 Å². The van der Waals surface area contributed by atoms with E-state index in [9.17, 15) is 27.9 Å². The zero-order valence-electron chi connectivity index (χ0n) is 17.0. The number of halogens is 3. The van der Waals surface area contributed by atoms with Gasteiger partial charge < -0.3 is 20.5 Å². The van der Waals surface area contributed by atoms with Crippen molar-refractivity contribution in [2.45, 2.75) is 24.6 Å². The Morgan fingerprint density at radius 2 is 1.76 bits per heavy atom. The highest BCUT2D eigenvalue weighted by atomic mass is 32.1. The van der Waals surface area contributed by atoms with E-state index in [-0.39, 0.29) is 17.0 Å². The van der Waals surface area contributed by atoms with Crippen molar-refractivity contribution in [2.24, 2.45) is 5.92 Å². The minimum atomic E-state index is -5.29. The van der Waals surface area contributed by atoms with Gasteiger partial charge in [0.15, 0.2) is 5.78 Å². The first-order chi connectivity index (χ1) is 15.7. The molecule has 33 heavy (non-hydrogen) atoms. The number of rotatable bonds is 6. The molecule has 1 aliphatic heterocycles. The number of nitrogens with one attached hydrogen (secondary N) is 2. The molecule has 0 spiro atoms. The van der Waals surface area contributed by atoms with Gasteiger partial charge in [-0.3, -0.25) is 4.79 Å². The van der Waals surface area contributed by atoms with Crippen molar-refractivity contribution in [2.75, 3.05) is 0 Å². The first-order valence-electron chi connectivity index (χ1n) is 9.91. The number of thiophene rings is 1. The first-order valence-corrected chi connectivity index (χ1v) is 10.8. The third kappa shape index (κ3) is 4.57. The molecule has 10 heteroatoms. The summed E-state index contributed by atoms with van der Waals surface area (Å²) in [6.07, 6.45) is -5.29. The molecule has 4 rings (SSSR count). The monoisotopic (exact) mass is 476 g/mol. The largest absolute Gasteiger partial charge is 0.489 e. The van der Waals surface area contributed by atoms with Crippen LogP contribution in [-0.4, -0.2) is 28.8 Å². The molecule has 0 aliphatic carbocycles. The summed E-state index contributed by atoms with van der Waals surface area (Å²) in [5, 5.41) is 16.0. The highest BCUT2D eigenvalue weighted by molar-refractivity contribution is 7.12. The van der Waals surface area contributed by atoms with E-state index in [1.807, 2.05) is 30.3 Å². The smallest absolute Gasteiger partial charge is 0.437 e. The van der Waals surface area contributed by atoms with Crippen molar-refractivity contribution < 1.29 is 32.6 Å². The van der Waals surface area contributed by atoms with Crippen molar-refractivity contribution in [3.05, 3.63) is 88.1 Å². The molecule has 1 aliphatic rings. The molecule has 3 N–H and O–H groups in total.